The molecule has 0 aliphatic carbocycles. The van der Waals surface area contributed by atoms with Crippen molar-refractivity contribution in [3.8, 4) is 6.01 Å². The molecule has 0 aliphatic heterocycles. The number of amides is 1. The van der Waals surface area contributed by atoms with E-state index in [0.717, 1.165) is 10.8 Å². The molecule has 0 aliphatic rings. The molecule has 0 aromatic carbocycles. The van der Waals surface area contributed by atoms with E-state index in [1.165, 1.54) is 7.05 Å². The summed E-state index contributed by atoms with van der Waals surface area (Å²) in [6, 6.07) is -0.209. The standard InChI is InChI=1S/C5H6N4O4/c1-8-3(9(11)12)2-7-5(8)13-4(6)10/h2H,1H3,(H2,6,10). The number of rotatable bonds is 2. The van der Waals surface area contributed by atoms with E-state index in [1.54, 1.807) is 0 Å². The molecule has 2 N–H and O–H groups in total. The highest BCUT2D eigenvalue weighted by Crippen LogP contribution is 2.16. The minimum absolute atomic E-state index is 0.209. The van der Waals surface area contributed by atoms with Crippen molar-refractivity contribution in [2.45, 2.75) is 0 Å². The molecular weight excluding hydrogens is 180 g/mol. The van der Waals surface area contributed by atoms with Crippen molar-refractivity contribution in [2.24, 2.45) is 12.8 Å². The second-order valence-corrected chi connectivity index (χ2v) is 2.14. The molecule has 0 bridgehead atoms. The third kappa shape index (κ3) is 1.72. The number of nitrogens with two attached hydrogens (primary N) is 1. The lowest BCUT2D eigenvalue weighted by molar-refractivity contribution is -0.391. The Hall–Kier alpha value is -2.12. The number of carbonyl (C=O) groups is 1. The molecule has 1 amide bonds. The Morgan fingerprint density at radius 1 is 1.85 bits per heavy atom. The van der Waals surface area contributed by atoms with Gasteiger partial charge >= 0.3 is 17.9 Å². The van der Waals surface area contributed by atoms with Crippen LogP contribution >= 0.6 is 0 Å². The highest BCUT2D eigenvalue weighted by atomic mass is 16.6. The highest BCUT2D eigenvalue weighted by molar-refractivity contribution is 5.67. The van der Waals surface area contributed by atoms with Gasteiger partial charge in [0.25, 0.3) is 0 Å². The summed E-state index contributed by atoms with van der Waals surface area (Å²) in [7, 11) is 1.34. The zero-order valence-electron chi connectivity index (χ0n) is 6.63. The van der Waals surface area contributed by atoms with Gasteiger partial charge in [0.1, 0.15) is 6.20 Å². The predicted molar refractivity (Wildman–Crippen MR) is 40.1 cm³/mol. The monoisotopic (exact) mass is 186 g/mol. The van der Waals surface area contributed by atoms with Crippen LogP contribution in [0.2, 0.25) is 0 Å². The van der Waals surface area contributed by atoms with Gasteiger partial charge in [-0.05, 0) is 4.92 Å². The topological polar surface area (TPSA) is 113 Å². The molecular formula is C5H6N4O4. The van der Waals surface area contributed by atoms with Crippen molar-refractivity contribution in [3.05, 3.63) is 16.3 Å². The second-order valence-electron chi connectivity index (χ2n) is 2.14. The fourth-order valence-electron chi connectivity index (χ4n) is 0.739. The van der Waals surface area contributed by atoms with E-state index in [1.807, 2.05) is 0 Å². The minimum Gasteiger partial charge on any atom is -0.358 e. The SMILES string of the molecule is Cn1c([N+](=O)[O-])cnc1OC(N)=O. The third-order valence-corrected chi connectivity index (χ3v) is 1.30. The van der Waals surface area contributed by atoms with E-state index in [4.69, 9.17) is 5.73 Å². The molecule has 0 saturated heterocycles. The van der Waals surface area contributed by atoms with Gasteiger partial charge in [-0.3, -0.25) is 0 Å². The third-order valence-electron chi connectivity index (χ3n) is 1.30. The quantitative estimate of drug-likeness (QED) is 0.506. The Morgan fingerprint density at radius 2 is 2.46 bits per heavy atom. The van der Waals surface area contributed by atoms with Gasteiger partial charge in [-0.25, -0.2) is 4.79 Å². The Kier molecular flexibility index (Phi) is 2.13. The number of primary amides is 1. The lowest BCUT2D eigenvalue weighted by atomic mass is 10.7. The zero-order valence-corrected chi connectivity index (χ0v) is 6.63. The van der Waals surface area contributed by atoms with Crippen molar-refractivity contribution in [1.29, 1.82) is 0 Å². The van der Waals surface area contributed by atoms with Crippen LogP contribution in [0.4, 0.5) is 10.6 Å². The van der Waals surface area contributed by atoms with E-state index in [0.29, 0.717) is 0 Å². The molecule has 0 fully saturated rings. The molecule has 0 radical (unpaired) electrons. The Labute approximate surface area is 72.1 Å². The van der Waals surface area contributed by atoms with Crippen LogP contribution in [0.5, 0.6) is 6.01 Å². The van der Waals surface area contributed by atoms with Crippen molar-refractivity contribution >= 4 is 11.9 Å². The van der Waals surface area contributed by atoms with Gasteiger partial charge < -0.3 is 20.6 Å². The summed E-state index contributed by atoms with van der Waals surface area (Å²) >= 11 is 0. The van der Waals surface area contributed by atoms with Crippen molar-refractivity contribution in [1.82, 2.24) is 9.55 Å². The average Bonchev–Trinajstić information content (AvgIpc) is 2.32. The van der Waals surface area contributed by atoms with Crippen LogP contribution in [0.3, 0.4) is 0 Å². The maximum absolute atomic E-state index is 10.3. The fraction of sp³-hybridized carbons (Fsp3) is 0.200. The van der Waals surface area contributed by atoms with Crippen molar-refractivity contribution in [2.75, 3.05) is 0 Å². The van der Waals surface area contributed by atoms with Crippen LogP contribution in [-0.2, 0) is 7.05 Å². The van der Waals surface area contributed by atoms with Crippen LogP contribution in [0, 0.1) is 10.1 Å². The second kappa shape index (κ2) is 3.09. The summed E-state index contributed by atoms with van der Waals surface area (Å²) < 4.78 is 5.37. The number of ether oxygens (including phenoxy) is 1. The van der Waals surface area contributed by atoms with Crippen LogP contribution < -0.4 is 10.5 Å². The van der Waals surface area contributed by atoms with E-state index < -0.39 is 11.0 Å². The first kappa shape index (κ1) is 8.97. The van der Waals surface area contributed by atoms with Gasteiger partial charge in [0, 0.05) is 0 Å². The summed E-state index contributed by atoms with van der Waals surface area (Å²) in [6.45, 7) is 0. The number of carbonyl (C=O) groups excluding carboxylic acids is 1. The number of nitrogens with zero attached hydrogens (tertiary/aromatic N) is 3. The van der Waals surface area contributed by atoms with Crippen LogP contribution in [0.25, 0.3) is 0 Å². The van der Waals surface area contributed by atoms with Gasteiger partial charge in [-0.15, -0.1) is 0 Å². The van der Waals surface area contributed by atoms with Crippen molar-refractivity contribution < 1.29 is 14.5 Å². The normalized spacial score (nSPS) is 9.62. The fourth-order valence-corrected chi connectivity index (χ4v) is 0.739. The first-order valence-electron chi connectivity index (χ1n) is 3.15. The molecule has 1 aromatic heterocycles. The van der Waals surface area contributed by atoms with Gasteiger partial charge in [-0.1, -0.05) is 0 Å². The van der Waals surface area contributed by atoms with Gasteiger partial charge in [0.05, 0.1) is 7.05 Å². The van der Waals surface area contributed by atoms with Gasteiger partial charge in [0.15, 0.2) is 0 Å². The highest BCUT2D eigenvalue weighted by Gasteiger charge is 2.18. The van der Waals surface area contributed by atoms with Gasteiger partial charge in [-0.2, -0.15) is 9.55 Å². The van der Waals surface area contributed by atoms with Gasteiger partial charge in [0.2, 0.25) is 0 Å². The molecule has 1 rings (SSSR count). The molecule has 0 saturated carbocycles. The molecule has 0 atom stereocenters. The summed E-state index contributed by atoms with van der Waals surface area (Å²) in [6.07, 6.45) is -0.0956. The van der Waals surface area contributed by atoms with Crippen LogP contribution in [-0.4, -0.2) is 20.6 Å². The Morgan fingerprint density at radius 3 is 2.85 bits per heavy atom. The number of nitro groups is 1. The number of hydrogen-bond acceptors (Lipinski definition) is 5. The molecule has 1 aromatic rings. The maximum Gasteiger partial charge on any atom is 0.413 e. The Balaban J connectivity index is 2.99. The number of aromatic nitrogens is 2. The first-order valence-corrected chi connectivity index (χ1v) is 3.15. The minimum atomic E-state index is -1.07. The maximum atomic E-state index is 10.3. The Bertz CT molecular complexity index is 357. The summed E-state index contributed by atoms with van der Waals surface area (Å²) in [5, 5.41) is 10.3. The largest absolute Gasteiger partial charge is 0.413 e. The van der Waals surface area contributed by atoms with E-state index in [-0.39, 0.29) is 11.8 Å². The van der Waals surface area contributed by atoms with Crippen molar-refractivity contribution in [3.63, 3.8) is 0 Å². The molecule has 70 valence electrons. The molecule has 8 heteroatoms. The summed E-state index contributed by atoms with van der Waals surface area (Å²) in [5.41, 5.74) is 4.69. The first-order chi connectivity index (χ1) is 6.02. The predicted octanol–water partition coefficient (Wildman–Crippen LogP) is -0.214. The van der Waals surface area contributed by atoms with Crippen LogP contribution in [0.1, 0.15) is 0 Å². The summed E-state index contributed by atoms with van der Waals surface area (Å²) in [5.74, 6) is -0.281. The summed E-state index contributed by atoms with van der Waals surface area (Å²) in [4.78, 5) is 23.4. The number of hydrogen-bond donors (Lipinski definition) is 1. The molecule has 0 spiro atoms. The lowest BCUT2D eigenvalue weighted by Crippen LogP contribution is -2.18. The molecule has 1 heterocycles. The van der Waals surface area contributed by atoms with E-state index in [9.17, 15) is 14.9 Å². The van der Waals surface area contributed by atoms with E-state index >= 15 is 0 Å². The number of imidazole rings is 1. The van der Waals surface area contributed by atoms with E-state index in [2.05, 4.69) is 9.72 Å². The smallest absolute Gasteiger partial charge is 0.358 e. The lowest BCUT2D eigenvalue weighted by Gasteiger charge is -1.96. The average molecular weight is 186 g/mol. The molecule has 8 nitrogen and oxygen atoms in total. The van der Waals surface area contributed by atoms with Crippen LogP contribution in [0.15, 0.2) is 6.20 Å². The molecule has 0 unspecified atom stereocenters. The molecule has 13 heavy (non-hydrogen) atoms. The zero-order chi connectivity index (χ0) is 10.0.